The number of Topliss-reactive ketones (excluding diaryl/α,β-unsaturated/α-hetero) is 3. The molecule has 0 saturated carbocycles. The molecule has 0 amide bonds. The number of hydrogen-bond acceptors (Lipinski definition) is 3. The summed E-state index contributed by atoms with van der Waals surface area (Å²) in [6.45, 7) is 3.72. The third-order valence-corrected chi connectivity index (χ3v) is 3.45. The molecule has 0 bridgehead atoms. The molecule has 0 saturated heterocycles. The van der Waals surface area contributed by atoms with Crippen LogP contribution in [-0.2, 0) is 14.4 Å². The van der Waals surface area contributed by atoms with Gasteiger partial charge in [-0.25, -0.2) is 0 Å². The van der Waals surface area contributed by atoms with Gasteiger partial charge in [-0.05, 0) is 26.2 Å². The summed E-state index contributed by atoms with van der Waals surface area (Å²) in [6, 6.07) is 0. The topological polar surface area (TPSA) is 51.2 Å². The van der Waals surface area contributed by atoms with E-state index in [2.05, 4.69) is 6.92 Å². The molecule has 0 unspecified atom stereocenters. The molecule has 0 aromatic rings. The van der Waals surface area contributed by atoms with Crippen LogP contribution in [0.2, 0.25) is 0 Å². The summed E-state index contributed by atoms with van der Waals surface area (Å²) >= 11 is 0. The highest BCUT2D eigenvalue weighted by Crippen LogP contribution is 2.09. The van der Waals surface area contributed by atoms with Crippen LogP contribution in [0.15, 0.2) is 0 Å². The molecule has 0 spiro atoms. The minimum atomic E-state index is 0.135. The molecule has 0 aromatic heterocycles. The molecule has 0 fully saturated rings. The molecule has 0 atom stereocenters. The van der Waals surface area contributed by atoms with Crippen molar-refractivity contribution in [2.75, 3.05) is 0 Å². The summed E-state index contributed by atoms with van der Waals surface area (Å²) < 4.78 is 0. The van der Waals surface area contributed by atoms with Crippen LogP contribution in [0.1, 0.15) is 90.9 Å². The van der Waals surface area contributed by atoms with E-state index >= 15 is 0 Å². The van der Waals surface area contributed by atoms with E-state index in [0.29, 0.717) is 44.9 Å². The van der Waals surface area contributed by atoms with Gasteiger partial charge < -0.3 is 4.79 Å². The van der Waals surface area contributed by atoms with Crippen molar-refractivity contribution in [3.63, 3.8) is 0 Å². The standard InChI is InChI=1S/C17H30O3/c1-3-4-5-6-7-11-16(19)13-9-14-17(20)12-8-10-15(2)18/h3-14H2,1-2H3. The molecule has 3 heteroatoms. The lowest BCUT2D eigenvalue weighted by Gasteiger charge is -2.02. The first-order valence-electron chi connectivity index (χ1n) is 8.09. The lowest BCUT2D eigenvalue weighted by Crippen LogP contribution is -2.03. The largest absolute Gasteiger partial charge is 0.300 e. The Balaban J connectivity index is 3.41. The van der Waals surface area contributed by atoms with Gasteiger partial charge in [0.2, 0.25) is 0 Å². The van der Waals surface area contributed by atoms with Crippen LogP contribution in [0.3, 0.4) is 0 Å². The first-order valence-corrected chi connectivity index (χ1v) is 8.09. The van der Waals surface area contributed by atoms with Crippen molar-refractivity contribution >= 4 is 17.3 Å². The fourth-order valence-corrected chi connectivity index (χ4v) is 2.19. The summed E-state index contributed by atoms with van der Waals surface area (Å²) in [6.07, 6.45) is 9.81. The minimum absolute atomic E-state index is 0.135. The summed E-state index contributed by atoms with van der Waals surface area (Å²) in [7, 11) is 0. The summed E-state index contributed by atoms with van der Waals surface area (Å²) in [5.74, 6) is 0.607. The number of ketones is 3. The maximum Gasteiger partial charge on any atom is 0.132 e. The van der Waals surface area contributed by atoms with Gasteiger partial charge in [0.05, 0.1) is 0 Å². The van der Waals surface area contributed by atoms with Crippen molar-refractivity contribution in [3.8, 4) is 0 Å². The van der Waals surface area contributed by atoms with Crippen molar-refractivity contribution in [2.24, 2.45) is 0 Å². The number of hydrogen-bond donors (Lipinski definition) is 0. The van der Waals surface area contributed by atoms with Gasteiger partial charge in [-0.3, -0.25) is 9.59 Å². The first kappa shape index (κ1) is 19.0. The van der Waals surface area contributed by atoms with E-state index in [1.54, 1.807) is 6.92 Å². The molecule has 0 aromatic carbocycles. The number of rotatable bonds is 14. The number of carbonyl (C=O) groups is 3. The van der Waals surface area contributed by atoms with Crippen LogP contribution < -0.4 is 0 Å². The zero-order valence-corrected chi connectivity index (χ0v) is 13.2. The maximum atomic E-state index is 11.6. The van der Waals surface area contributed by atoms with Gasteiger partial charge in [-0.1, -0.05) is 32.6 Å². The number of unbranched alkanes of at least 4 members (excludes halogenated alkanes) is 4. The Morgan fingerprint density at radius 1 is 0.600 bits per heavy atom. The van der Waals surface area contributed by atoms with Crippen LogP contribution in [0.25, 0.3) is 0 Å². The molecular weight excluding hydrogens is 252 g/mol. The zero-order valence-electron chi connectivity index (χ0n) is 13.2. The van der Waals surface area contributed by atoms with Crippen molar-refractivity contribution in [3.05, 3.63) is 0 Å². The van der Waals surface area contributed by atoms with Gasteiger partial charge in [-0.15, -0.1) is 0 Å². The van der Waals surface area contributed by atoms with E-state index in [-0.39, 0.29) is 17.3 Å². The molecule has 0 rings (SSSR count). The summed E-state index contributed by atoms with van der Waals surface area (Å²) in [4.78, 5) is 33.9. The van der Waals surface area contributed by atoms with Crippen LogP contribution in [0.4, 0.5) is 0 Å². The van der Waals surface area contributed by atoms with Gasteiger partial charge in [0, 0.05) is 32.1 Å². The quantitative estimate of drug-likeness (QED) is 0.443. The molecule has 0 aliphatic heterocycles. The Bertz CT molecular complexity index is 295. The van der Waals surface area contributed by atoms with Crippen molar-refractivity contribution < 1.29 is 14.4 Å². The molecule has 20 heavy (non-hydrogen) atoms. The molecule has 0 aliphatic carbocycles. The Morgan fingerprint density at radius 3 is 1.55 bits per heavy atom. The van der Waals surface area contributed by atoms with E-state index in [9.17, 15) is 14.4 Å². The van der Waals surface area contributed by atoms with E-state index in [4.69, 9.17) is 0 Å². The third-order valence-electron chi connectivity index (χ3n) is 3.45. The molecular formula is C17H30O3. The normalized spacial score (nSPS) is 10.5. The average molecular weight is 282 g/mol. The predicted molar refractivity (Wildman–Crippen MR) is 81.8 cm³/mol. The van der Waals surface area contributed by atoms with E-state index in [1.165, 1.54) is 19.3 Å². The van der Waals surface area contributed by atoms with Gasteiger partial charge in [0.1, 0.15) is 17.3 Å². The fourth-order valence-electron chi connectivity index (χ4n) is 2.19. The van der Waals surface area contributed by atoms with Gasteiger partial charge in [0.25, 0.3) is 0 Å². The lowest BCUT2D eigenvalue weighted by molar-refractivity contribution is -0.120. The third kappa shape index (κ3) is 13.4. The van der Waals surface area contributed by atoms with Crippen molar-refractivity contribution in [1.29, 1.82) is 0 Å². The van der Waals surface area contributed by atoms with Crippen LogP contribution in [0.5, 0.6) is 0 Å². The van der Waals surface area contributed by atoms with Crippen LogP contribution >= 0.6 is 0 Å². The van der Waals surface area contributed by atoms with Crippen LogP contribution in [0, 0.1) is 0 Å². The number of carbonyl (C=O) groups excluding carboxylic acids is 3. The summed E-state index contributed by atoms with van der Waals surface area (Å²) in [5.41, 5.74) is 0. The highest BCUT2D eigenvalue weighted by atomic mass is 16.1. The monoisotopic (exact) mass is 282 g/mol. The van der Waals surface area contributed by atoms with E-state index < -0.39 is 0 Å². The highest BCUT2D eigenvalue weighted by Gasteiger charge is 2.06. The Kier molecular flexibility index (Phi) is 12.4. The fraction of sp³-hybridized carbons (Fsp3) is 0.824. The Morgan fingerprint density at radius 2 is 1.05 bits per heavy atom. The molecule has 0 N–H and O–H groups in total. The molecule has 3 nitrogen and oxygen atoms in total. The predicted octanol–water partition coefficient (Wildman–Crippen LogP) is 4.41. The zero-order chi connectivity index (χ0) is 15.2. The van der Waals surface area contributed by atoms with Gasteiger partial charge in [0.15, 0.2) is 0 Å². The smallest absolute Gasteiger partial charge is 0.132 e. The molecule has 116 valence electrons. The highest BCUT2D eigenvalue weighted by molar-refractivity contribution is 5.81. The van der Waals surface area contributed by atoms with Gasteiger partial charge in [-0.2, -0.15) is 0 Å². The minimum Gasteiger partial charge on any atom is -0.300 e. The van der Waals surface area contributed by atoms with E-state index in [0.717, 1.165) is 12.8 Å². The average Bonchev–Trinajstić information content (AvgIpc) is 2.38. The molecule has 0 radical (unpaired) electrons. The van der Waals surface area contributed by atoms with Gasteiger partial charge >= 0.3 is 0 Å². The van der Waals surface area contributed by atoms with Crippen LogP contribution in [-0.4, -0.2) is 17.3 Å². The second-order valence-corrected chi connectivity index (χ2v) is 5.65. The lowest BCUT2D eigenvalue weighted by atomic mass is 10.0. The first-order chi connectivity index (χ1) is 9.56. The molecule has 0 heterocycles. The second kappa shape index (κ2) is 13.0. The van der Waals surface area contributed by atoms with Crippen molar-refractivity contribution in [1.82, 2.24) is 0 Å². The summed E-state index contributed by atoms with van der Waals surface area (Å²) in [5, 5.41) is 0. The Labute approximate surface area is 123 Å². The Hall–Kier alpha value is -0.990. The van der Waals surface area contributed by atoms with Crippen molar-refractivity contribution in [2.45, 2.75) is 90.9 Å². The second-order valence-electron chi connectivity index (χ2n) is 5.65. The SMILES string of the molecule is CCCCCCCC(=O)CCCC(=O)CCCC(C)=O. The maximum absolute atomic E-state index is 11.6. The molecule has 0 aliphatic rings. The van der Waals surface area contributed by atoms with E-state index in [1.807, 2.05) is 0 Å².